The smallest absolute Gasteiger partial charge is 0.316 e. The molecule has 0 aliphatic heterocycles. The summed E-state index contributed by atoms with van der Waals surface area (Å²) in [5, 5.41) is 7.13. The van der Waals surface area contributed by atoms with Crippen LogP contribution in [0.25, 0.3) is 11.0 Å². The largest absolute Gasteiger partial charge is 0.460 e. The van der Waals surface area contributed by atoms with E-state index in [0.717, 1.165) is 16.7 Å². The first-order chi connectivity index (χ1) is 9.16. The highest BCUT2D eigenvalue weighted by atomic mass is 16.3. The molecule has 2 rings (SSSR count). The highest BCUT2D eigenvalue weighted by Gasteiger charge is 2.03. The number of carbonyl (C=O) groups is 1. The van der Waals surface area contributed by atoms with Gasteiger partial charge in [0.05, 0.1) is 6.54 Å². The van der Waals surface area contributed by atoms with Gasteiger partial charge in [-0.15, -0.1) is 0 Å². The average molecular weight is 261 g/mol. The number of hydrogen-bond acceptors (Lipinski definition) is 3. The summed E-state index contributed by atoms with van der Waals surface area (Å²) in [6, 6.07) is 9.88. The van der Waals surface area contributed by atoms with Gasteiger partial charge in [-0.05, 0) is 12.1 Å². The van der Waals surface area contributed by atoms with Gasteiger partial charge in [-0.2, -0.15) is 0 Å². The van der Waals surface area contributed by atoms with Crippen LogP contribution in [0.3, 0.4) is 0 Å². The minimum absolute atomic E-state index is 0.0782. The van der Waals surface area contributed by atoms with Crippen LogP contribution in [-0.2, 0) is 6.54 Å². The molecule has 0 unspecified atom stereocenters. The number of rotatable bonds is 5. The van der Waals surface area contributed by atoms with Gasteiger partial charge in [0, 0.05) is 32.6 Å². The molecule has 1 aromatic heterocycles. The number of nitrogens with zero attached hydrogens (tertiary/aromatic N) is 1. The van der Waals surface area contributed by atoms with Crippen LogP contribution in [0.15, 0.2) is 34.7 Å². The third kappa shape index (κ3) is 3.72. The second-order valence-corrected chi connectivity index (χ2v) is 4.55. The summed E-state index contributed by atoms with van der Waals surface area (Å²) in [5.74, 6) is 0.903. The van der Waals surface area contributed by atoms with Crippen molar-refractivity contribution < 1.29 is 9.21 Å². The Balaban J connectivity index is 1.72. The maximum Gasteiger partial charge on any atom is 0.316 e. The molecule has 0 saturated carbocycles. The minimum Gasteiger partial charge on any atom is -0.460 e. The third-order valence-corrected chi connectivity index (χ3v) is 2.76. The summed E-state index contributed by atoms with van der Waals surface area (Å²) < 4.78 is 5.68. The van der Waals surface area contributed by atoms with Crippen molar-refractivity contribution in [2.45, 2.75) is 6.54 Å². The van der Waals surface area contributed by atoms with Crippen molar-refractivity contribution in [2.75, 3.05) is 27.2 Å². The second-order valence-electron chi connectivity index (χ2n) is 4.55. The fourth-order valence-corrected chi connectivity index (χ4v) is 1.75. The van der Waals surface area contributed by atoms with Crippen molar-refractivity contribution in [3.05, 3.63) is 36.1 Å². The third-order valence-electron chi connectivity index (χ3n) is 2.76. The molecule has 2 amide bonds. The first-order valence-corrected chi connectivity index (χ1v) is 6.30. The van der Waals surface area contributed by atoms with Crippen LogP contribution in [0.1, 0.15) is 5.76 Å². The lowest BCUT2D eigenvalue weighted by molar-refractivity contribution is 0.217. The predicted molar refractivity (Wildman–Crippen MR) is 75.0 cm³/mol. The lowest BCUT2D eigenvalue weighted by atomic mass is 10.2. The van der Waals surface area contributed by atoms with Crippen molar-refractivity contribution in [2.24, 2.45) is 0 Å². The molecule has 0 saturated heterocycles. The number of furan rings is 1. The van der Waals surface area contributed by atoms with Gasteiger partial charge in [0.2, 0.25) is 0 Å². The maximum absolute atomic E-state index is 11.3. The van der Waals surface area contributed by atoms with Crippen LogP contribution < -0.4 is 10.6 Å². The molecule has 5 heteroatoms. The topological polar surface area (TPSA) is 57.5 Å². The summed E-state index contributed by atoms with van der Waals surface area (Å²) in [4.78, 5) is 12.8. The second kappa shape index (κ2) is 6.24. The molecule has 0 bridgehead atoms. The maximum atomic E-state index is 11.3. The number of nitrogens with one attached hydrogen (secondary N) is 2. The lowest BCUT2D eigenvalue weighted by Crippen LogP contribution is -2.38. The van der Waals surface area contributed by atoms with Crippen LogP contribution in [0.4, 0.5) is 4.79 Å². The van der Waals surface area contributed by atoms with Crippen molar-refractivity contribution in [1.82, 2.24) is 15.5 Å². The van der Waals surface area contributed by atoms with Gasteiger partial charge in [-0.1, -0.05) is 18.2 Å². The van der Waals surface area contributed by atoms with Crippen LogP contribution in [0, 0.1) is 0 Å². The monoisotopic (exact) mass is 261 g/mol. The Hall–Kier alpha value is -2.01. The van der Waals surface area contributed by atoms with E-state index in [0.29, 0.717) is 19.6 Å². The van der Waals surface area contributed by atoms with E-state index in [1.165, 1.54) is 4.90 Å². The van der Waals surface area contributed by atoms with Gasteiger partial charge >= 0.3 is 6.03 Å². The van der Waals surface area contributed by atoms with E-state index in [2.05, 4.69) is 10.6 Å². The van der Waals surface area contributed by atoms with E-state index in [4.69, 9.17) is 4.42 Å². The van der Waals surface area contributed by atoms with Crippen LogP contribution >= 0.6 is 0 Å². The highest BCUT2D eigenvalue weighted by molar-refractivity contribution is 5.77. The van der Waals surface area contributed by atoms with Gasteiger partial charge in [0.1, 0.15) is 11.3 Å². The van der Waals surface area contributed by atoms with E-state index < -0.39 is 0 Å². The molecule has 0 atom stereocenters. The molecule has 0 spiro atoms. The quantitative estimate of drug-likeness (QED) is 0.807. The number of hydrogen-bond donors (Lipinski definition) is 2. The van der Waals surface area contributed by atoms with Crippen LogP contribution in [-0.4, -0.2) is 38.1 Å². The first-order valence-electron chi connectivity index (χ1n) is 6.30. The molecule has 0 fully saturated rings. The molecule has 19 heavy (non-hydrogen) atoms. The lowest BCUT2D eigenvalue weighted by Gasteiger charge is -2.11. The predicted octanol–water partition coefficient (Wildman–Crippen LogP) is 1.79. The number of amides is 2. The zero-order chi connectivity index (χ0) is 13.7. The van der Waals surface area contributed by atoms with Crippen LogP contribution in [0.5, 0.6) is 0 Å². The van der Waals surface area contributed by atoms with Crippen molar-refractivity contribution in [1.29, 1.82) is 0 Å². The molecule has 102 valence electrons. The van der Waals surface area contributed by atoms with E-state index in [1.54, 1.807) is 14.1 Å². The number of para-hydroxylation sites is 1. The van der Waals surface area contributed by atoms with Gasteiger partial charge < -0.3 is 20.0 Å². The molecule has 0 radical (unpaired) electrons. The molecular formula is C14H19N3O2. The Morgan fingerprint density at radius 1 is 1.26 bits per heavy atom. The van der Waals surface area contributed by atoms with E-state index >= 15 is 0 Å². The number of carbonyl (C=O) groups excluding carboxylic acids is 1. The van der Waals surface area contributed by atoms with E-state index in [-0.39, 0.29) is 6.03 Å². The molecule has 2 N–H and O–H groups in total. The molecule has 0 aliphatic rings. The zero-order valence-electron chi connectivity index (χ0n) is 11.3. The highest BCUT2D eigenvalue weighted by Crippen LogP contribution is 2.18. The molecule has 0 aliphatic carbocycles. The van der Waals surface area contributed by atoms with Gasteiger partial charge in [-0.3, -0.25) is 0 Å². The summed E-state index contributed by atoms with van der Waals surface area (Å²) >= 11 is 0. The van der Waals surface area contributed by atoms with Gasteiger partial charge in [0.15, 0.2) is 0 Å². The molecule has 5 nitrogen and oxygen atoms in total. The fraction of sp³-hybridized carbons (Fsp3) is 0.357. The average Bonchev–Trinajstić information content (AvgIpc) is 2.80. The molecule has 1 aromatic carbocycles. The first kappa shape index (κ1) is 13.4. The van der Waals surface area contributed by atoms with Gasteiger partial charge in [-0.25, -0.2) is 4.79 Å². The van der Waals surface area contributed by atoms with Crippen LogP contribution in [0.2, 0.25) is 0 Å². The Morgan fingerprint density at radius 2 is 2.05 bits per heavy atom. The summed E-state index contributed by atoms with van der Waals surface area (Å²) in [6.07, 6.45) is 0. The van der Waals surface area contributed by atoms with Crippen molar-refractivity contribution in [3.63, 3.8) is 0 Å². The van der Waals surface area contributed by atoms with E-state index in [9.17, 15) is 4.79 Å². The number of benzene rings is 1. The zero-order valence-corrected chi connectivity index (χ0v) is 11.3. The van der Waals surface area contributed by atoms with Crippen molar-refractivity contribution >= 4 is 17.0 Å². The minimum atomic E-state index is -0.0782. The van der Waals surface area contributed by atoms with Crippen molar-refractivity contribution in [3.8, 4) is 0 Å². The standard InChI is InChI=1S/C14H19N3O2/c1-17(2)14(18)16-8-7-15-10-12-9-11-5-3-4-6-13(11)19-12/h3-6,9,15H,7-8,10H2,1-2H3,(H,16,18). The summed E-state index contributed by atoms with van der Waals surface area (Å²) in [7, 11) is 3.44. The Bertz CT molecular complexity index is 515. The molecule has 1 heterocycles. The number of urea groups is 1. The summed E-state index contributed by atoms with van der Waals surface area (Å²) in [5.41, 5.74) is 0.903. The Labute approximate surface area is 112 Å². The SMILES string of the molecule is CN(C)C(=O)NCCNCc1cc2ccccc2o1. The fourth-order valence-electron chi connectivity index (χ4n) is 1.75. The van der Waals surface area contributed by atoms with E-state index in [1.807, 2.05) is 30.3 Å². The number of fused-ring (bicyclic) bond motifs is 1. The molecular weight excluding hydrogens is 242 g/mol. The normalized spacial score (nSPS) is 10.6. The Morgan fingerprint density at radius 3 is 2.79 bits per heavy atom. The van der Waals surface area contributed by atoms with Gasteiger partial charge in [0.25, 0.3) is 0 Å². The Kier molecular flexibility index (Phi) is 4.41. The molecule has 2 aromatic rings. The summed E-state index contributed by atoms with van der Waals surface area (Å²) in [6.45, 7) is 1.96.